The molecule has 1 aromatic carbocycles. The quantitative estimate of drug-likeness (QED) is 0.626. The van der Waals surface area contributed by atoms with E-state index in [0.29, 0.717) is 16.8 Å². The molecule has 1 saturated heterocycles. The summed E-state index contributed by atoms with van der Waals surface area (Å²) in [6.45, 7) is 0.946. The third-order valence-corrected chi connectivity index (χ3v) is 4.55. The van der Waals surface area contributed by atoms with Crippen molar-refractivity contribution >= 4 is 17.7 Å². The van der Waals surface area contributed by atoms with Crippen molar-refractivity contribution in [2.24, 2.45) is 0 Å². The Morgan fingerprint density at radius 3 is 2.68 bits per heavy atom. The summed E-state index contributed by atoms with van der Waals surface area (Å²) >= 11 is 1.87. The fourth-order valence-corrected chi connectivity index (χ4v) is 3.32. The van der Waals surface area contributed by atoms with Gasteiger partial charge in [-0.2, -0.15) is 0 Å². The molecule has 1 aromatic rings. The lowest BCUT2D eigenvalue weighted by Gasteiger charge is -2.44. The largest absolute Gasteiger partial charge is 0.497 e. The van der Waals surface area contributed by atoms with E-state index in [4.69, 9.17) is 9.47 Å². The van der Waals surface area contributed by atoms with E-state index in [9.17, 15) is 4.79 Å². The first-order valence-corrected chi connectivity index (χ1v) is 7.27. The Hall–Kier alpha value is -1.62. The van der Waals surface area contributed by atoms with Crippen molar-refractivity contribution in [3.05, 3.63) is 36.0 Å². The zero-order chi connectivity index (χ0) is 13.2. The maximum absolute atomic E-state index is 12.1. The van der Waals surface area contributed by atoms with Gasteiger partial charge in [-0.1, -0.05) is 0 Å². The highest BCUT2D eigenvalue weighted by atomic mass is 32.2. The fourth-order valence-electron chi connectivity index (χ4n) is 2.17. The summed E-state index contributed by atoms with van der Waals surface area (Å²) in [5, 5.41) is 0.461. The van der Waals surface area contributed by atoms with Gasteiger partial charge in [-0.05, 0) is 36.8 Å². The van der Waals surface area contributed by atoms with Crippen LogP contribution in [0.2, 0.25) is 0 Å². The van der Waals surface area contributed by atoms with Gasteiger partial charge in [0, 0.05) is 12.3 Å². The van der Waals surface area contributed by atoms with Crippen LogP contribution in [0.1, 0.15) is 6.42 Å². The smallest absolute Gasteiger partial charge is 0.359 e. The molecule has 1 fully saturated rings. The highest BCUT2D eigenvalue weighted by molar-refractivity contribution is 8.00. The number of carbonyl (C=O) groups excluding carboxylic acids is 1. The normalized spacial score (nSPS) is 21.0. The second-order valence-corrected chi connectivity index (χ2v) is 5.64. The number of hydrogen-bond donors (Lipinski definition) is 0. The molecule has 19 heavy (non-hydrogen) atoms. The van der Waals surface area contributed by atoms with Gasteiger partial charge in [0.2, 0.25) is 0 Å². The Kier molecular flexibility index (Phi) is 3.38. The maximum Gasteiger partial charge on any atom is 0.359 e. The first-order chi connectivity index (χ1) is 9.28. The van der Waals surface area contributed by atoms with Gasteiger partial charge >= 0.3 is 5.97 Å². The fraction of sp³-hybridized carbons (Fsp3) is 0.357. The first kappa shape index (κ1) is 12.4. The topological polar surface area (TPSA) is 38.8 Å². The molecule has 1 unspecified atom stereocenters. The van der Waals surface area contributed by atoms with E-state index in [1.54, 1.807) is 31.4 Å². The standard InChI is InChI=1S/C14H15NO3S/c1-17-10-2-4-11(5-3-10)18-14(16)12-7-9-19-13-6-8-15(12)13/h2-5,7,13H,6,8-9H2,1H3. The third kappa shape index (κ3) is 2.42. The number of esters is 1. The van der Waals surface area contributed by atoms with E-state index >= 15 is 0 Å². The Labute approximate surface area is 116 Å². The van der Waals surface area contributed by atoms with Crippen LogP contribution >= 0.6 is 11.8 Å². The molecular formula is C14H15NO3S. The summed E-state index contributed by atoms with van der Waals surface area (Å²) in [4.78, 5) is 14.3. The van der Waals surface area contributed by atoms with Crippen LogP contribution in [-0.2, 0) is 4.79 Å². The molecule has 2 heterocycles. The lowest BCUT2D eigenvalue weighted by atomic mass is 10.2. The molecule has 0 amide bonds. The number of rotatable bonds is 3. The van der Waals surface area contributed by atoms with Crippen molar-refractivity contribution < 1.29 is 14.3 Å². The number of carbonyl (C=O) groups is 1. The average Bonchev–Trinajstić information content (AvgIpc) is 2.40. The summed E-state index contributed by atoms with van der Waals surface area (Å²) < 4.78 is 10.5. The summed E-state index contributed by atoms with van der Waals surface area (Å²) in [6, 6.07) is 7.03. The van der Waals surface area contributed by atoms with E-state index in [2.05, 4.69) is 4.90 Å². The van der Waals surface area contributed by atoms with Gasteiger partial charge in [-0.25, -0.2) is 4.79 Å². The molecule has 0 spiro atoms. The van der Waals surface area contributed by atoms with Gasteiger partial charge in [-0.3, -0.25) is 0 Å². The Morgan fingerprint density at radius 2 is 2.05 bits per heavy atom. The number of fused-ring (bicyclic) bond motifs is 1. The Morgan fingerprint density at radius 1 is 1.32 bits per heavy atom. The molecule has 0 saturated carbocycles. The molecule has 0 aliphatic carbocycles. The van der Waals surface area contributed by atoms with Gasteiger partial charge < -0.3 is 14.4 Å². The molecule has 5 heteroatoms. The molecule has 1 atom stereocenters. The van der Waals surface area contributed by atoms with Crippen molar-refractivity contribution in [2.45, 2.75) is 11.8 Å². The summed E-state index contributed by atoms with van der Waals surface area (Å²) in [6.07, 6.45) is 3.10. The molecular weight excluding hydrogens is 262 g/mol. The number of thioether (sulfide) groups is 1. The van der Waals surface area contributed by atoms with E-state index in [-0.39, 0.29) is 5.97 Å². The number of benzene rings is 1. The molecule has 2 aliphatic rings. The van der Waals surface area contributed by atoms with Gasteiger partial charge in [0.1, 0.15) is 17.2 Å². The van der Waals surface area contributed by atoms with Crippen LogP contribution in [0.25, 0.3) is 0 Å². The van der Waals surface area contributed by atoms with Crippen LogP contribution in [0, 0.1) is 0 Å². The summed E-state index contributed by atoms with van der Waals surface area (Å²) in [7, 11) is 1.61. The Balaban J connectivity index is 1.68. The van der Waals surface area contributed by atoms with Crippen LogP contribution in [-0.4, -0.2) is 35.7 Å². The molecule has 3 rings (SSSR count). The number of ether oxygens (including phenoxy) is 2. The van der Waals surface area contributed by atoms with Gasteiger partial charge in [0.15, 0.2) is 0 Å². The molecule has 4 nitrogen and oxygen atoms in total. The number of hydrogen-bond acceptors (Lipinski definition) is 5. The average molecular weight is 277 g/mol. The monoisotopic (exact) mass is 277 g/mol. The zero-order valence-electron chi connectivity index (χ0n) is 10.7. The number of methoxy groups -OCH3 is 1. The van der Waals surface area contributed by atoms with E-state index < -0.39 is 0 Å². The lowest BCUT2D eigenvalue weighted by Crippen LogP contribution is -2.49. The zero-order valence-corrected chi connectivity index (χ0v) is 11.5. The highest BCUT2D eigenvalue weighted by Gasteiger charge is 2.36. The minimum absolute atomic E-state index is 0.268. The second kappa shape index (κ2) is 5.17. The van der Waals surface area contributed by atoms with Crippen molar-refractivity contribution in [2.75, 3.05) is 19.4 Å². The lowest BCUT2D eigenvalue weighted by molar-refractivity contribution is -0.132. The minimum Gasteiger partial charge on any atom is -0.497 e. The maximum atomic E-state index is 12.1. The first-order valence-electron chi connectivity index (χ1n) is 6.22. The van der Waals surface area contributed by atoms with Crippen LogP contribution < -0.4 is 9.47 Å². The van der Waals surface area contributed by atoms with Gasteiger partial charge in [0.05, 0.1) is 12.5 Å². The molecule has 0 bridgehead atoms. The highest BCUT2D eigenvalue weighted by Crippen LogP contribution is 2.36. The third-order valence-electron chi connectivity index (χ3n) is 3.32. The van der Waals surface area contributed by atoms with Crippen LogP contribution in [0.5, 0.6) is 11.5 Å². The second-order valence-electron chi connectivity index (χ2n) is 4.42. The minimum atomic E-state index is -0.268. The van der Waals surface area contributed by atoms with E-state index in [1.807, 2.05) is 17.8 Å². The summed E-state index contributed by atoms with van der Waals surface area (Å²) in [5.41, 5.74) is 0.700. The van der Waals surface area contributed by atoms with Gasteiger partial charge in [0.25, 0.3) is 0 Å². The SMILES string of the molecule is COc1ccc(OC(=O)C2=CCSC3CCN23)cc1. The van der Waals surface area contributed by atoms with Crippen molar-refractivity contribution in [3.8, 4) is 11.5 Å². The van der Waals surface area contributed by atoms with E-state index in [1.165, 1.54) is 0 Å². The van der Waals surface area contributed by atoms with Crippen molar-refractivity contribution in [3.63, 3.8) is 0 Å². The van der Waals surface area contributed by atoms with Crippen molar-refractivity contribution in [1.29, 1.82) is 0 Å². The summed E-state index contributed by atoms with van der Waals surface area (Å²) in [5.74, 6) is 1.90. The van der Waals surface area contributed by atoms with Gasteiger partial charge in [-0.15, -0.1) is 11.8 Å². The molecule has 0 aromatic heterocycles. The Bertz CT molecular complexity index is 512. The van der Waals surface area contributed by atoms with Crippen molar-refractivity contribution in [1.82, 2.24) is 4.90 Å². The van der Waals surface area contributed by atoms with Crippen LogP contribution in [0.15, 0.2) is 36.0 Å². The van der Waals surface area contributed by atoms with E-state index in [0.717, 1.165) is 24.5 Å². The van der Waals surface area contributed by atoms with Crippen LogP contribution in [0.4, 0.5) is 0 Å². The van der Waals surface area contributed by atoms with Crippen LogP contribution in [0.3, 0.4) is 0 Å². The molecule has 0 radical (unpaired) electrons. The number of nitrogens with zero attached hydrogens (tertiary/aromatic N) is 1. The predicted molar refractivity (Wildman–Crippen MR) is 74.3 cm³/mol. The molecule has 100 valence electrons. The predicted octanol–water partition coefficient (Wildman–Crippen LogP) is 2.26. The molecule has 0 N–H and O–H groups in total. The molecule has 2 aliphatic heterocycles.